The lowest BCUT2D eigenvalue weighted by Crippen LogP contribution is -2.57. The number of hydrogen-bond donors (Lipinski definition) is 2. The molecule has 0 bridgehead atoms. The zero-order valence-corrected chi connectivity index (χ0v) is 21.7. The summed E-state index contributed by atoms with van der Waals surface area (Å²) in [6.07, 6.45) is 0. The van der Waals surface area contributed by atoms with Crippen molar-refractivity contribution in [2.45, 2.75) is 57.9 Å². The molecule has 0 spiro atoms. The lowest BCUT2D eigenvalue weighted by atomic mass is 10.0. The Bertz CT molecular complexity index is 779. The zero-order chi connectivity index (χ0) is 21.0. The molecule has 0 amide bonds. The topological polar surface area (TPSA) is 73.8 Å². The van der Waals surface area contributed by atoms with Crippen molar-refractivity contribution in [3.63, 3.8) is 0 Å². The van der Waals surface area contributed by atoms with Crippen molar-refractivity contribution >= 4 is 39.8 Å². The van der Waals surface area contributed by atoms with Crippen molar-refractivity contribution in [1.82, 2.24) is 15.5 Å². The third-order valence-electron chi connectivity index (χ3n) is 5.21. The molecule has 166 valence electrons. The molecule has 6 nitrogen and oxygen atoms in total. The highest BCUT2D eigenvalue weighted by atomic mass is 127. The fourth-order valence-corrected chi connectivity index (χ4v) is 4.85. The van der Waals surface area contributed by atoms with Crippen molar-refractivity contribution in [2.24, 2.45) is 4.99 Å². The van der Waals surface area contributed by atoms with Gasteiger partial charge in [0.05, 0.1) is 17.0 Å². The van der Waals surface area contributed by atoms with Gasteiger partial charge in [-0.25, -0.2) is 8.42 Å². The summed E-state index contributed by atoms with van der Waals surface area (Å²) in [5.74, 6) is 0.949. The first-order chi connectivity index (χ1) is 13.0. The quantitative estimate of drug-likeness (QED) is 0.332. The van der Waals surface area contributed by atoms with E-state index < -0.39 is 14.6 Å². The number of nitrogens with zero attached hydrogens (tertiary/aromatic N) is 2. The van der Waals surface area contributed by atoms with Crippen molar-refractivity contribution < 1.29 is 8.42 Å². The first-order valence-electron chi connectivity index (χ1n) is 10.1. The van der Waals surface area contributed by atoms with Gasteiger partial charge in [0.1, 0.15) is 0 Å². The average molecular weight is 537 g/mol. The normalized spacial score (nSPS) is 19.9. The van der Waals surface area contributed by atoms with E-state index in [1.165, 1.54) is 5.56 Å². The smallest absolute Gasteiger partial charge is 0.194 e. The van der Waals surface area contributed by atoms with Gasteiger partial charge in [-0.3, -0.25) is 4.99 Å². The van der Waals surface area contributed by atoms with Crippen LogP contribution in [-0.4, -0.2) is 61.5 Å². The number of benzene rings is 1. The van der Waals surface area contributed by atoms with Crippen LogP contribution < -0.4 is 10.6 Å². The van der Waals surface area contributed by atoms with E-state index in [1.54, 1.807) is 13.8 Å². The molecule has 1 fully saturated rings. The fraction of sp³-hybridized carbons (Fsp3) is 0.667. The molecule has 1 aromatic carbocycles. The standard InChI is InChI=1S/C21H36N4O2S.HI/c1-7-22-19(25-13-14-28(26,27)21(5,6)16-25)23-15-20(3,4)24-17(2)18-11-9-8-10-12-18;/h8-12,17,24H,7,13-16H2,1-6H3,(H,22,23);1H. The van der Waals surface area contributed by atoms with E-state index in [0.717, 1.165) is 12.5 Å². The summed E-state index contributed by atoms with van der Waals surface area (Å²) in [4.78, 5) is 6.91. The third-order valence-corrected chi connectivity index (χ3v) is 7.74. The maximum atomic E-state index is 12.3. The Morgan fingerprint density at radius 2 is 1.90 bits per heavy atom. The van der Waals surface area contributed by atoms with Crippen LogP contribution in [0.1, 0.15) is 53.1 Å². The van der Waals surface area contributed by atoms with Gasteiger partial charge in [-0.15, -0.1) is 24.0 Å². The van der Waals surface area contributed by atoms with Gasteiger partial charge in [-0.05, 0) is 47.1 Å². The summed E-state index contributed by atoms with van der Waals surface area (Å²) in [6, 6.07) is 10.6. The third kappa shape index (κ3) is 7.10. The van der Waals surface area contributed by atoms with Gasteiger partial charge in [0.2, 0.25) is 0 Å². The van der Waals surface area contributed by atoms with Crippen LogP contribution >= 0.6 is 24.0 Å². The molecule has 0 radical (unpaired) electrons. The van der Waals surface area contributed by atoms with E-state index in [4.69, 9.17) is 4.99 Å². The van der Waals surface area contributed by atoms with Crippen LogP contribution in [0.5, 0.6) is 0 Å². The Morgan fingerprint density at radius 3 is 2.45 bits per heavy atom. The van der Waals surface area contributed by atoms with E-state index in [9.17, 15) is 8.42 Å². The minimum atomic E-state index is -3.07. The molecule has 8 heteroatoms. The second-order valence-electron chi connectivity index (χ2n) is 8.83. The fourth-order valence-electron chi connectivity index (χ4n) is 3.48. The monoisotopic (exact) mass is 536 g/mol. The van der Waals surface area contributed by atoms with Gasteiger partial charge in [0.15, 0.2) is 15.8 Å². The Hall–Kier alpha value is -0.870. The Balaban J connectivity index is 0.00000420. The molecule has 1 aliphatic rings. The minimum absolute atomic E-state index is 0. The van der Waals surface area contributed by atoms with Gasteiger partial charge in [-0.2, -0.15) is 0 Å². The van der Waals surface area contributed by atoms with Gasteiger partial charge >= 0.3 is 0 Å². The van der Waals surface area contributed by atoms with E-state index >= 15 is 0 Å². The number of hydrogen-bond acceptors (Lipinski definition) is 4. The average Bonchev–Trinajstić information content (AvgIpc) is 2.61. The highest BCUT2D eigenvalue weighted by molar-refractivity contribution is 14.0. The molecule has 1 heterocycles. The van der Waals surface area contributed by atoms with E-state index in [-0.39, 0.29) is 41.3 Å². The van der Waals surface area contributed by atoms with Crippen molar-refractivity contribution in [1.29, 1.82) is 0 Å². The van der Waals surface area contributed by atoms with Crippen molar-refractivity contribution in [3.8, 4) is 0 Å². The Labute approximate surface area is 193 Å². The van der Waals surface area contributed by atoms with Gasteiger partial charge in [0, 0.05) is 31.2 Å². The first kappa shape index (κ1) is 26.2. The minimum Gasteiger partial charge on any atom is -0.357 e. The molecule has 1 aliphatic heterocycles. The Morgan fingerprint density at radius 1 is 1.28 bits per heavy atom. The highest BCUT2D eigenvalue weighted by Gasteiger charge is 2.41. The van der Waals surface area contributed by atoms with Crippen LogP contribution in [0, 0.1) is 0 Å². The van der Waals surface area contributed by atoms with E-state index in [0.29, 0.717) is 19.6 Å². The largest absolute Gasteiger partial charge is 0.357 e. The lowest BCUT2D eigenvalue weighted by molar-refractivity contribution is 0.339. The van der Waals surface area contributed by atoms with Crippen molar-refractivity contribution in [2.75, 3.05) is 31.9 Å². The van der Waals surface area contributed by atoms with Crippen molar-refractivity contribution in [3.05, 3.63) is 35.9 Å². The second kappa shape index (κ2) is 10.4. The molecule has 1 atom stereocenters. The van der Waals surface area contributed by atoms with Gasteiger partial charge < -0.3 is 15.5 Å². The van der Waals surface area contributed by atoms with Crippen LogP contribution in [0.15, 0.2) is 35.3 Å². The summed E-state index contributed by atoms with van der Waals surface area (Å²) in [5, 5.41) is 6.98. The summed E-state index contributed by atoms with van der Waals surface area (Å²) in [7, 11) is -3.07. The van der Waals surface area contributed by atoms with Gasteiger partial charge in [0.25, 0.3) is 0 Å². The lowest BCUT2D eigenvalue weighted by Gasteiger charge is -2.39. The number of aliphatic imine (C=N–C) groups is 1. The maximum absolute atomic E-state index is 12.3. The molecule has 2 N–H and O–H groups in total. The molecular formula is C21H37IN4O2S. The number of halogens is 1. The van der Waals surface area contributed by atoms with Crippen LogP contribution in [0.25, 0.3) is 0 Å². The van der Waals surface area contributed by atoms with Crippen LogP contribution in [0.2, 0.25) is 0 Å². The number of nitrogens with one attached hydrogen (secondary N) is 2. The molecule has 1 saturated heterocycles. The van der Waals surface area contributed by atoms with Crippen LogP contribution in [0.4, 0.5) is 0 Å². The number of guanidine groups is 1. The molecule has 0 saturated carbocycles. The molecule has 29 heavy (non-hydrogen) atoms. The first-order valence-corrected chi connectivity index (χ1v) is 11.7. The summed E-state index contributed by atoms with van der Waals surface area (Å²) in [6.45, 7) is 14.3. The summed E-state index contributed by atoms with van der Waals surface area (Å²) in [5.41, 5.74) is 1.04. The predicted molar refractivity (Wildman–Crippen MR) is 133 cm³/mol. The predicted octanol–water partition coefficient (Wildman–Crippen LogP) is 3.21. The maximum Gasteiger partial charge on any atom is 0.194 e. The van der Waals surface area contributed by atoms with Gasteiger partial charge in [-0.1, -0.05) is 30.3 Å². The zero-order valence-electron chi connectivity index (χ0n) is 18.5. The highest BCUT2D eigenvalue weighted by Crippen LogP contribution is 2.24. The summed E-state index contributed by atoms with van der Waals surface area (Å²) < 4.78 is 23.8. The van der Waals surface area contributed by atoms with E-state index in [1.807, 2.05) is 25.1 Å². The number of sulfone groups is 1. The molecule has 1 unspecified atom stereocenters. The summed E-state index contributed by atoms with van der Waals surface area (Å²) >= 11 is 0. The van der Waals surface area contributed by atoms with E-state index in [2.05, 4.69) is 48.4 Å². The van der Waals surface area contributed by atoms with Crippen LogP contribution in [0.3, 0.4) is 0 Å². The second-order valence-corrected chi connectivity index (χ2v) is 11.6. The molecule has 0 aromatic heterocycles. The van der Waals surface area contributed by atoms with Crippen LogP contribution in [-0.2, 0) is 9.84 Å². The Kier molecular flexibility index (Phi) is 9.42. The molecular weight excluding hydrogens is 499 g/mol. The number of rotatable bonds is 6. The molecule has 0 aliphatic carbocycles. The SMILES string of the molecule is CCNC(=NCC(C)(C)NC(C)c1ccccc1)N1CCS(=O)(=O)C(C)(C)C1.I. The molecule has 2 rings (SSSR count). The molecule has 1 aromatic rings.